The summed E-state index contributed by atoms with van der Waals surface area (Å²) in [6, 6.07) is 7.24. The fourth-order valence-corrected chi connectivity index (χ4v) is 3.15. The van der Waals surface area contributed by atoms with Crippen LogP contribution in [-0.2, 0) is 6.54 Å². The highest BCUT2D eigenvalue weighted by atomic mass is 19.4. The molecule has 0 fully saturated rings. The van der Waals surface area contributed by atoms with Gasteiger partial charge < -0.3 is 4.40 Å². The number of rotatable bonds is 5. The SMILES string of the molecule is Cc1cn2ccc(-c3ncccc3-c3cnn(CCC(F)(F)C(F)(F)F)c3)cc2n1. The second-order valence-electron chi connectivity index (χ2n) is 6.91. The number of aromatic nitrogens is 5. The Kier molecular flexibility index (Phi) is 4.79. The van der Waals surface area contributed by atoms with Crippen LogP contribution < -0.4 is 0 Å². The highest BCUT2D eigenvalue weighted by molar-refractivity contribution is 5.81. The summed E-state index contributed by atoms with van der Waals surface area (Å²) in [7, 11) is 0. The molecule has 30 heavy (non-hydrogen) atoms. The number of imidazole rings is 1. The Bertz CT molecular complexity index is 1190. The highest BCUT2D eigenvalue weighted by Gasteiger charge is 2.56. The van der Waals surface area contributed by atoms with Crippen molar-refractivity contribution in [2.45, 2.75) is 32.0 Å². The first-order valence-corrected chi connectivity index (χ1v) is 9.02. The smallest absolute Gasteiger partial charge is 0.307 e. The van der Waals surface area contributed by atoms with Gasteiger partial charge in [-0.15, -0.1) is 0 Å². The maximum Gasteiger partial charge on any atom is 0.453 e. The number of alkyl halides is 5. The molecule has 4 heterocycles. The van der Waals surface area contributed by atoms with Crippen LogP contribution in [0.5, 0.6) is 0 Å². The van der Waals surface area contributed by atoms with Crippen LogP contribution in [0.4, 0.5) is 22.0 Å². The zero-order chi connectivity index (χ0) is 21.5. The lowest BCUT2D eigenvalue weighted by molar-refractivity contribution is -0.285. The summed E-state index contributed by atoms with van der Waals surface area (Å²) in [6.45, 7) is 1.32. The van der Waals surface area contributed by atoms with Crippen LogP contribution in [0, 0.1) is 6.92 Å². The van der Waals surface area contributed by atoms with Gasteiger partial charge in [-0.25, -0.2) is 4.98 Å². The molecule has 0 aliphatic heterocycles. The first-order valence-electron chi connectivity index (χ1n) is 9.02. The van der Waals surface area contributed by atoms with Crippen LogP contribution >= 0.6 is 0 Å². The standard InChI is InChI=1S/C20H16F5N5/c1-13-11-29-7-4-14(9-17(29)28-13)18-16(3-2-6-26-18)15-10-27-30(12-15)8-5-19(21,22)20(23,24)25/h2-4,6-7,9-12H,5,8H2,1H3. The highest BCUT2D eigenvalue weighted by Crippen LogP contribution is 2.38. The van der Waals surface area contributed by atoms with Crippen molar-refractivity contribution in [3.8, 4) is 22.4 Å². The number of nitrogens with zero attached hydrogens (tertiary/aromatic N) is 5. The zero-order valence-corrected chi connectivity index (χ0v) is 15.7. The minimum Gasteiger partial charge on any atom is -0.307 e. The summed E-state index contributed by atoms with van der Waals surface area (Å²) in [5, 5.41) is 3.94. The predicted octanol–water partition coefficient (Wildman–Crippen LogP) is 5.16. The summed E-state index contributed by atoms with van der Waals surface area (Å²) < 4.78 is 66.4. The van der Waals surface area contributed by atoms with Crippen LogP contribution in [0.15, 0.2) is 55.2 Å². The Labute approximate surface area is 167 Å². The number of hydrogen-bond donors (Lipinski definition) is 0. The normalized spacial score (nSPS) is 12.6. The van der Waals surface area contributed by atoms with Crippen molar-refractivity contribution in [1.29, 1.82) is 0 Å². The van der Waals surface area contributed by atoms with E-state index in [9.17, 15) is 22.0 Å². The third kappa shape index (κ3) is 3.77. The van der Waals surface area contributed by atoms with Crippen LogP contribution in [0.2, 0.25) is 0 Å². The minimum absolute atomic E-state index is 0.563. The van der Waals surface area contributed by atoms with E-state index >= 15 is 0 Å². The lowest BCUT2D eigenvalue weighted by Crippen LogP contribution is -2.37. The van der Waals surface area contributed by atoms with Gasteiger partial charge in [0.2, 0.25) is 0 Å². The van der Waals surface area contributed by atoms with E-state index in [1.54, 1.807) is 18.3 Å². The van der Waals surface area contributed by atoms with Gasteiger partial charge in [0.05, 0.1) is 17.6 Å². The monoisotopic (exact) mass is 421 g/mol. The lowest BCUT2D eigenvalue weighted by atomic mass is 10.0. The first-order chi connectivity index (χ1) is 14.1. The molecule has 0 N–H and O–H groups in total. The molecular weight excluding hydrogens is 405 g/mol. The Morgan fingerprint density at radius 3 is 2.60 bits per heavy atom. The van der Waals surface area contributed by atoms with Crippen LogP contribution in [-0.4, -0.2) is 36.2 Å². The molecule has 4 aromatic rings. The first kappa shape index (κ1) is 20.0. The largest absolute Gasteiger partial charge is 0.453 e. The van der Waals surface area contributed by atoms with Gasteiger partial charge in [-0.3, -0.25) is 9.67 Å². The van der Waals surface area contributed by atoms with E-state index in [2.05, 4.69) is 15.1 Å². The number of fused-ring (bicyclic) bond motifs is 1. The Balaban J connectivity index is 1.63. The van der Waals surface area contributed by atoms with E-state index < -0.39 is 25.1 Å². The van der Waals surface area contributed by atoms with E-state index in [-0.39, 0.29) is 0 Å². The Morgan fingerprint density at radius 1 is 1.03 bits per heavy atom. The maximum absolute atomic E-state index is 13.2. The molecule has 0 saturated heterocycles. The van der Waals surface area contributed by atoms with Gasteiger partial charge in [0.25, 0.3) is 0 Å². The van der Waals surface area contributed by atoms with Crippen molar-refractivity contribution in [3.05, 3.63) is 60.9 Å². The van der Waals surface area contributed by atoms with Crippen LogP contribution in [0.3, 0.4) is 0 Å². The maximum atomic E-state index is 13.2. The van der Waals surface area contributed by atoms with Gasteiger partial charge in [-0.1, -0.05) is 6.07 Å². The Hall–Kier alpha value is -3.30. The number of hydrogen-bond acceptors (Lipinski definition) is 3. The summed E-state index contributed by atoms with van der Waals surface area (Å²) in [5.41, 5.74) is 4.27. The third-order valence-electron chi connectivity index (χ3n) is 4.68. The molecule has 0 amide bonds. The molecular formula is C20H16F5N5. The second-order valence-corrected chi connectivity index (χ2v) is 6.91. The summed E-state index contributed by atoms with van der Waals surface area (Å²) in [4.78, 5) is 8.85. The molecule has 5 nitrogen and oxygen atoms in total. The average molecular weight is 421 g/mol. The second kappa shape index (κ2) is 7.19. The molecule has 0 bridgehead atoms. The summed E-state index contributed by atoms with van der Waals surface area (Å²) in [5.74, 6) is -4.77. The fraction of sp³-hybridized carbons (Fsp3) is 0.250. The topological polar surface area (TPSA) is 48.0 Å². The van der Waals surface area contributed by atoms with E-state index in [0.29, 0.717) is 16.8 Å². The van der Waals surface area contributed by atoms with Crippen molar-refractivity contribution >= 4 is 5.65 Å². The molecule has 0 atom stereocenters. The van der Waals surface area contributed by atoms with Gasteiger partial charge in [0.1, 0.15) is 5.65 Å². The molecule has 4 rings (SSSR count). The van der Waals surface area contributed by atoms with Crippen LogP contribution in [0.25, 0.3) is 28.0 Å². The van der Waals surface area contributed by atoms with Crippen molar-refractivity contribution in [3.63, 3.8) is 0 Å². The van der Waals surface area contributed by atoms with Crippen molar-refractivity contribution < 1.29 is 22.0 Å². The number of aryl methyl sites for hydroxylation is 2. The van der Waals surface area contributed by atoms with E-state index in [0.717, 1.165) is 21.6 Å². The average Bonchev–Trinajstić information content (AvgIpc) is 3.30. The van der Waals surface area contributed by atoms with E-state index in [1.165, 1.54) is 12.4 Å². The fourth-order valence-electron chi connectivity index (χ4n) is 3.15. The molecule has 0 aliphatic rings. The molecule has 0 radical (unpaired) electrons. The molecule has 0 aromatic carbocycles. The van der Waals surface area contributed by atoms with Crippen LogP contribution in [0.1, 0.15) is 12.1 Å². The zero-order valence-electron chi connectivity index (χ0n) is 15.7. The van der Waals surface area contributed by atoms with Gasteiger partial charge >= 0.3 is 12.1 Å². The number of pyridine rings is 2. The van der Waals surface area contributed by atoms with Crippen molar-refractivity contribution in [2.75, 3.05) is 0 Å². The summed E-state index contributed by atoms with van der Waals surface area (Å²) in [6.07, 6.45) is 1.26. The molecule has 10 heteroatoms. The van der Waals surface area contributed by atoms with E-state index in [4.69, 9.17) is 0 Å². The molecule has 4 aromatic heterocycles. The van der Waals surface area contributed by atoms with Gasteiger partial charge in [0.15, 0.2) is 0 Å². The van der Waals surface area contributed by atoms with Crippen molar-refractivity contribution in [2.24, 2.45) is 0 Å². The Morgan fingerprint density at radius 2 is 1.83 bits per heavy atom. The minimum atomic E-state index is -5.58. The molecule has 156 valence electrons. The molecule has 0 unspecified atom stereocenters. The lowest BCUT2D eigenvalue weighted by Gasteiger charge is -2.19. The predicted molar refractivity (Wildman–Crippen MR) is 100 cm³/mol. The third-order valence-corrected chi connectivity index (χ3v) is 4.68. The summed E-state index contributed by atoms with van der Waals surface area (Å²) >= 11 is 0. The molecule has 0 aliphatic carbocycles. The van der Waals surface area contributed by atoms with Crippen molar-refractivity contribution in [1.82, 2.24) is 24.1 Å². The van der Waals surface area contributed by atoms with Gasteiger partial charge in [-0.05, 0) is 25.1 Å². The van der Waals surface area contributed by atoms with E-state index in [1.807, 2.05) is 35.9 Å². The van der Waals surface area contributed by atoms with Gasteiger partial charge in [0, 0.05) is 54.4 Å². The quantitative estimate of drug-likeness (QED) is 0.419. The molecule has 0 saturated carbocycles. The van der Waals surface area contributed by atoms with Gasteiger partial charge in [-0.2, -0.15) is 27.1 Å². The molecule has 0 spiro atoms. The number of halogens is 5.